The fraction of sp³-hybridized carbons (Fsp3) is 0.300. The molecule has 0 aromatic heterocycles. The second-order valence-corrected chi connectivity index (χ2v) is 6.06. The van der Waals surface area contributed by atoms with Crippen LogP contribution in [0.1, 0.15) is 35.7 Å². The van der Waals surface area contributed by atoms with E-state index < -0.39 is 11.9 Å². The zero-order valence-electron chi connectivity index (χ0n) is 15.0. The average Bonchev–Trinajstić information content (AvgIpc) is 2.65. The number of esters is 1. The summed E-state index contributed by atoms with van der Waals surface area (Å²) in [6.45, 7) is 3.97. The Balaban J connectivity index is 1.97. The van der Waals surface area contributed by atoms with Gasteiger partial charge in [-0.15, -0.1) is 0 Å². The molecule has 0 aliphatic heterocycles. The van der Waals surface area contributed by atoms with Crippen LogP contribution in [0.15, 0.2) is 48.5 Å². The lowest BCUT2D eigenvalue weighted by Gasteiger charge is -2.14. The van der Waals surface area contributed by atoms with Gasteiger partial charge < -0.3 is 20.5 Å². The highest BCUT2D eigenvalue weighted by Gasteiger charge is 2.15. The maximum absolute atomic E-state index is 12.3. The van der Waals surface area contributed by atoms with E-state index in [0.717, 1.165) is 5.56 Å². The molecule has 0 saturated heterocycles. The van der Waals surface area contributed by atoms with Crippen LogP contribution in [0.4, 0.5) is 11.4 Å². The number of para-hydroxylation sites is 2. The summed E-state index contributed by atoms with van der Waals surface area (Å²) in [6, 6.07) is 14.3. The molecule has 0 unspecified atom stereocenters. The number of aliphatic hydroxyl groups is 1. The van der Waals surface area contributed by atoms with Crippen molar-refractivity contribution < 1.29 is 19.4 Å². The number of carbonyl (C=O) groups excluding carboxylic acids is 2. The summed E-state index contributed by atoms with van der Waals surface area (Å²) in [4.78, 5) is 24.4. The molecule has 0 aliphatic carbocycles. The quantitative estimate of drug-likeness (QED) is 0.633. The Morgan fingerprint density at radius 3 is 2.38 bits per heavy atom. The molecule has 1 amide bonds. The van der Waals surface area contributed by atoms with Gasteiger partial charge in [-0.3, -0.25) is 4.79 Å². The molecule has 0 saturated carbocycles. The van der Waals surface area contributed by atoms with E-state index in [1.54, 1.807) is 24.3 Å². The van der Waals surface area contributed by atoms with Gasteiger partial charge in [-0.2, -0.15) is 0 Å². The van der Waals surface area contributed by atoms with Crippen molar-refractivity contribution in [1.82, 2.24) is 0 Å². The number of nitrogens with one attached hydrogen (secondary N) is 2. The van der Waals surface area contributed by atoms with Crippen LogP contribution in [-0.4, -0.2) is 36.7 Å². The Morgan fingerprint density at radius 1 is 1.04 bits per heavy atom. The minimum atomic E-state index is -0.599. The molecule has 0 aliphatic rings. The molecule has 2 rings (SSSR count). The van der Waals surface area contributed by atoms with E-state index in [4.69, 9.17) is 9.84 Å². The van der Waals surface area contributed by atoms with Crippen molar-refractivity contribution in [3.8, 4) is 0 Å². The van der Waals surface area contributed by atoms with Gasteiger partial charge in [0.1, 0.15) is 0 Å². The highest BCUT2D eigenvalue weighted by Crippen LogP contribution is 2.23. The first-order valence-electron chi connectivity index (χ1n) is 8.52. The first-order valence-corrected chi connectivity index (χ1v) is 8.52. The lowest BCUT2D eigenvalue weighted by molar-refractivity contribution is -0.119. The Bertz CT molecular complexity index is 759. The maximum atomic E-state index is 12.3. The van der Waals surface area contributed by atoms with Crippen molar-refractivity contribution in [2.75, 3.05) is 30.4 Å². The molecular formula is C20H24N2O4. The fourth-order valence-electron chi connectivity index (χ4n) is 2.52. The molecule has 6 heteroatoms. The standard InChI is InChI=1S/C20H24N2O4/c1-14(2)15-7-3-6-10-18(15)22-19(24)13-26-20(25)16-8-4-5-9-17(16)21-11-12-23/h3-10,14,21,23H,11-13H2,1-2H3,(H,22,24). The molecule has 3 N–H and O–H groups in total. The molecule has 2 aromatic carbocycles. The summed E-state index contributed by atoms with van der Waals surface area (Å²) >= 11 is 0. The van der Waals surface area contributed by atoms with Gasteiger partial charge in [-0.25, -0.2) is 4.79 Å². The van der Waals surface area contributed by atoms with Crippen LogP contribution in [0.2, 0.25) is 0 Å². The smallest absolute Gasteiger partial charge is 0.340 e. The molecule has 0 heterocycles. The molecule has 0 fully saturated rings. The van der Waals surface area contributed by atoms with E-state index in [9.17, 15) is 9.59 Å². The monoisotopic (exact) mass is 356 g/mol. The summed E-state index contributed by atoms with van der Waals surface area (Å²) in [5.41, 5.74) is 2.60. The summed E-state index contributed by atoms with van der Waals surface area (Å²) < 4.78 is 5.13. The first kappa shape index (κ1) is 19.5. The van der Waals surface area contributed by atoms with Crippen molar-refractivity contribution in [3.63, 3.8) is 0 Å². The minimum absolute atomic E-state index is 0.0545. The zero-order valence-corrected chi connectivity index (χ0v) is 15.0. The maximum Gasteiger partial charge on any atom is 0.340 e. The van der Waals surface area contributed by atoms with Crippen molar-refractivity contribution in [2.45, 2.75) is 19.8 Å². The number of carbonyl (C=O) groups is 2. The fourth-order valence-corrected chi connectivity index (χ4v) is 2.52. The van der Waals surface area contributed by atoms with Crippen LogP contribution in [0.25, 0.3) is 0 Å². The normalized spacial score (nSPS) is 10.5. The summed E-state index contributed by atoms with van der Waals surface area (Å²) in [7, 11) is 0. The zero-order chi connectivity index (χ0) is 18.9. The first-order chi connectivity index (χ1) is 12.5. The van der Waals surface area contributed by atoms with E-state index in [0.29, 0.717) is 23.5 Å². The molecule has 0 atom stereocenters. The number of aliphatic hydroxyl groups excluding tert-OH is 1. The summed E-state index contributed by atoms with van der Waals surface area (Å²) in [5.74, 6) is -0.732. The van der Waals surface area contributed by atoms with Gasteiger partial charge in [0.05, 0.1) is 12.2 Å². The summed E-state index contributed by atoms with van der Waals surface area (Å²) in [5, 5.41) is 14.6. The van der Waals surface area contributed by atoms with Crippen LogP contribution in [-0.2, 0) is 9.53 Å². The van der Waals surface area contributed by atoms with E-state index in [2.05, 4.69) is 10.6 Å². The molecule has 0 bridgehead atoms. The van der Waals surface area contributed by atoms with Crippen LogP contribution >= 0.6 is 0 Å². The van der Waals surface area contributed by atoms with Gasteiger partial charge in [0.15, 0.2) is 6.61 Å². The molecular weight excluding hydrogens is 332 g/mol. The van der Waals surface area contributed by atoms with E-state index in [-0.39, 0.29) is 19.1 Å². The van der Waals surface area contributed by atoms with Crippen molar-refractivity contribution >= 4 is 23.3 Å². The largest absolute Gasteiger partial charge is 0.452 e. The van der Waals surface area contributed by atoms with Crippen molar-refractivity contribution in [3.05, 3.63) is 59.7 Å². The number of benzene rings is 2. The van der Waals surface area contributed by atoms with Crippen LogP contribution in [0.5, 0.6) is 0 Å². The Hall–Kier alpha value is -2.86. The average molecular weight is 356 g/mol. The van der Waals surface area contributed by atoms with Crippen LogP contribution < -0.4 is 10.6 Å². The molecule has 6 nitrogen and oxygen atoms in total. The number of rotatable bonds is 8. The van der Waals surface area contributed by atoms with Gasteiger partial charge in [0.2, 0.25) is 0 Å². The third-order valence-electron chi connectivity index (χ3n) is 3.77. The Labute approximate surface area is 153 Å². The van der Waals surface area contributed by atoms with Gasteiger partial charge in [0, 0.05) is 17.9 Å². The number of hydrogen-bond donors (Lipinski definition) is 3. The van der Waals surface area contributed by atoms with Crippen LogP contribution in [0, 0.1) is 0 Å². The lowest BCUT2D eigenvalue weighted by atomic mass is 10.0. The highest BCUT2D eigenvalue weighted by atomic mass is 16.5. The Morgan fingerprint density at radius 2 is 1.69 bits per heavy atom. The molecule has 0 radical (unpaired) electrons. The van der Waals surface area contributed by atoms with Gasteiger partial charge in [-0.05, 0) is 29.7 Å². The number of hydrogen-bond acceptors (Lipinski definition) is 5. The summed E-state index contributed by atoms with van der Waals surface area (Å²) in [6.07, 6.45) is 0. The van der Waals surface area contributed by atoms with Gasteiger partial charge in [-0.1, -0.05) is 44.2 Å². The third-order valence-corrected chi connectivity index (χ3v) is 3.77. The predicted octanol–water partition coefficient (Wildman–Crippen LogP) is 3.01. The molecule has 26 heavy (non-hydrogen) atoms. The van der Waals surface area contributed by atoms with Crippen molar-refractivity contribution in [2.24, 2.45) is 0 Å². The molecule has 2 aromatic rings. The van der Waals surface area contributed by atoms with Crippen molar-refractivity contribution in [1.29, 1.82) is 0 Å². The minimum Gasteiger partial charge on any atom is -0.452 e. The van der Waals surface area contributed by atoms with E-state index >= 15 is 0 Å². The Kier molecular flexibility index (Phi) is 7.17. The number of anilines is 2. The van der Waals surface area contributed by atoms with Crippen LogP contribution in [0.3, 0.4) is 0 Å². The second kappa shape index (κ2) is 9.58. The van der Waals surface area contributed by atoms with Gasteiger partial charge in [0.25, 0.3) is 5.91 Å². The topological polar surface area (TPSA) is 87.7 Å². The lowest BCUT2D eigenvalue weighted by Crippen LogP contribution is -2.22. The predicted molar refractivity (Wildman–Crippen MR) is 101 cm³/mol. The van der Waals surface area contributed by atoms with E-state index in [1.807, 2.05) is 38.1 Å². The third kappa shape index (κ3) is 5.32. The molecule has 138 valence electrons. The SMILES string of the molecule is CC(C)c1ccccc1NC(=O)COC(=O)c1ccccc1NCCO. The number of amides is 1. The number of ether oxygens (including phenoxy) is 1. The van der Waals surface area contributed by atoms with Gasteiger partial charge >= 0.3 is 5.97 Å². The highest BCUT2D eigenvalue weighted by molar-refractivity contribution is 5.98. The second-order valence-electron chi connectivity index (χ2n) is 6.06. The molecule has 0 spiro atoms. The van der Waals surface area contributed by atoms with E-state index in [1.165, 1.54) is 0 Å².